The molecule has 1 fully saturated rings. The van der Waals surface area contributed by atoms with Crippen molar-refractivity contribution >= 4 is 11.9 Å². The third-order valence-electron chi connectivity index (χ3n) is 8.99. The van der Waals surface area contributed by atoms with Gasteiger partial charge in [0.25, 0.3) is 5.91 Å². The number of carboxylic acid groups (broad SMARTS) is 1. The summed E-state index contributed by atoms with van der Waals surface area (Å²) >= 11 is 0. The summed E-state index contributed by atoms with van der Waals surface area (Å²) in [6.45, 7) is 10.4. The Labute approximate surface area is 222 Å². The van der Waals surface area contributed by atoms with Crippen molar-refractivity contribution in [1.29, 1.82) is 0 Å². The molecule has 2 aromatic rings. The first-order valence-corrected chi connectivity index (χ1v) is 13.9. The van der Waals surface area contributed by atoms with Gasteiger partial charge in [0.15, 0.2) is 0 Å². The number of likely N-dealkylation sites (N-methyl/N-ethyl adjacent to an activating group) is 1. The number of carbonyl (C=O) groups is 2. The highest BCUT2D eigenvalue weighted by molar-refractivity contribution is 5.97. The van der Waals surface area contributed by atoms with Crippen LogP contribution in [0.3, 0.4) is 0 Å². The molecule has 0 heterocycles. The zero-order valence-corrected chi connectivity index (χ0v) is 23.6. The van der Waals surface area contributed by atoms with Gasteiger partial charge in [-0.15, -0.1) is 0 Å². The molecule has 1 aliphatic carbocycles. The Kier molecular flexibility index (Phi) is 9.22. The maximum atomic E-state index is 12.8. The molecule has 1 amide bonds. The molecule has 202 valence electrons. The lowest BCUT2D eigenvalue weighted by molar-refractivity contribution is -0.137. The molecule has 1 aliphatic rings. The van der Waals surface area contributed by atoms with E-state index in [0.717, 1.165) is 50.5 Å². The van der Waals surface area contributed by atoms with Gasteiger partial charge in [0.05, 0.1) is 5.60 Å². The second-order valence-corrected chi connectivity index (χ2v) is 11.3. The number of carbonyl (C=O) groups excluding carboxylic acids is 1. The minimum absolute atomic E-state index is 0.185. The van der Waals surface area contributed by atoms with Crippen LogP contribution in [0.15, 0.2) is 36.4 Å². The van der Waals surface area contributed by atoms with E-state index in [0.29, 0.717) is 5.56 Å². The Morgan fingerprint density at radius 3 is 2.05 bits per heavy atom. The van der Waals surface area contributed by atoms with Crippen LogP contribution in [0, 0.1) is 19.8 Å². The molecular weight excluding hydrogens is 462 g/mol. The van der Waals surface area contributed by atoms with Crippen molar-refractivity contribution in [1.82, 2.24) is 4.90 Å². The molecule has 0 bridgehead atoms. The van der Waals surface area contributed by atoms with E-state index in [1.54, 1.807) is 0 Å². The fourth-order valence-corrected chi connectivity index (χ4v) is 6.31. The largest absolute Gasteiger partial charge is 0.480 e. The van der Waals surface area contributed by atoms with Crippen molar-refractivity contribution in [3.05, 3.63) is 69.8 Å². The van der Waals surface area contributed by atoms with E-state index < -0.39 is 11.6 Å². The van der Waals surface area contributed by atoms with Gasteiger partial charge in [-0.3, -0.25) is 9.59 Å². The predicted octanol–water partition coefficient (Wildman–Crippen LogP) is 6.44. The van der Waals surface area contributed by atoms with E-state index >= 15 is 0 Å². The first-order chi connectivity index (χ1) is 17.5. The average molecular weight is 508 g/mol. The number of benzene rings is 2. The second-order valence-electron chi connectivity index (χ2n) is 11.3. The Morgan fingerprint density at radius 2 is 1.54 bits per heavy atom. The Hall–Kier alpha value is -2.66. The number of amides is 1. The van der Waals surface area contributed by atoms with Crippen LogP contribution >= 0.6 is 0 Å². The highest BCUT2D eigenvalue weighted by Crippen LogP contribution is 2.41. The maximum Gasteiger partial charge on any atom is 0.323 e. The van der Waals surface area contributed by atoms with Gasteiger partial charge in [-0.2, -0.15) is 0 Å². The highest BCUT2D eigenvalue weighted by atomic mass is 16.4. The summed E-state index contributed by atoms with van der Waals surface area (Å²) in [5.41, 5.74) is 5.66. The van der Waals surface area contributed by atoms with Crippen LogP contribution in [0.5, 0.6) is 0 Å². The number of aryl methyl sites for hydroxylation is 2. The van der Waals surface area contributed by atoms with Crippen LogP contribution in [0.4, 0.5) is 0 Å². The predicted molar refractivity (Wildman–Crippen MR) is 149 cm³/mol. The monoisotopic (exact) mass is 507 g/mol. The number of carboxylic acids is 1. The Balaban J connectivity index is 1.90. The number of aliphatic carboxylic acids is 1. The lowest BCUT2D eigenvalue weighted by Gasteiger charge is -2.38. The molecule has 0 aromatic heterocycles. The minimum atomic E-state index is -1.03. The average Bonchev–Trinajstić information content (AvgIpc) is 2.86. The molecule has 0 saturated heterocycles. The van der Waals surface area contributed by atoms with E-state index in [4.69, 9.17) is 5.11 Å². The molecular formula is C32H45NO4. The molecule has 1 saturated carbocycles. The Bertz CT molecular complexity index is 1110. The van der Waals surface area contributed by atoms with Crippen molar-refractivity contribution in [2.45, 2.75) is 97.0 Å². The van der Waals surface area contributed by atoms with Crippen molar-refractivity contribution < 1.29 is 19.8 Å². The first kappa shape index (κ1) is 28.9. The molecule has 1 atom stereocenters. The molecule has 2 N–H and O–H groups in total. The number of hydrogen-bond donors (Lipinski definition) is 2. The minimum Gasteiger partial charge on any atom is -0.480 e. The number of nitrogens with zero attached hydrogens (tertiary/aromatic N) is 1. The van der Waals surface area contributed by atoms with Gasteiger partial charge < -0.3 is 15.1 Å². The molecule has 2 aromatic carbocycles. The summed E-state index contributed by atoms with van der Waals surface area (Å²) in [5.74, 6) is -1.08. The Morgan fingerprint density at radius 1 is 0.973 bits per heavy atom. The van der Waals surface area contributed by atoms with Crippen LogP contribution in [-0.2, 0) is 16.6 Å². The molecule has 0 spiro atoms. The first-order valence-electron chi connectivity index (χ1n) is 13.9. The zero-order valence-electron chi connectivity index (χ0n) is 23.6. The van der Waals surface area contributed by atoms with Crippen LogP contribution < -0.4 is 0 Å². The molecule has 0 aliphatic heterocycles. The summed E-state index contributed by atoms with van der Waals surface area (Å²) in [7, 11) is 1.52. The van der Waals surface area contributed by atoms with Crippen LogP contribution in [-0.4, -0.2) is 46.2 Å². The van der Waals surface area contributed by atoms with E-state index in [1.165, 1.54) is 40.6 Å². The number of rotatable bonds is 10. The molecule has 3 rings (SSSR count). The third kappa shape index (κ3) is 6.09. The zero-order chi connectivity index (χ0) is 27.4. The normalized spacial score (nSPS) is 16.3. The quantitative estimate of drug-likeness (QED) is 0.388. The van der Waals surface area contributed by atoms with Crippen molar-refractivity contribution in [3.63, 3.8) is 0 Å². The lowest BCUT2D eigenvalue weighted by Crippen LogP contribution is -2.39. The summed E-state index contributed by atoms with van der Waals surface area (Å²) in [6.07, 6.45) is 8.00. The number of aliphatic hydroxyl groups is 1. The lowest BCUT2D eigenvalue weighted by atomic mass is 9.69. The summed E-state index contributed by atoms with van der Waals surface area (Å²) in [6, 6.07) is 12.8. The van der Waals surface area contributed by atoms with Gasteiger partial charge in [0.2, 0.25) is 0 Å². The smallest absolute Gasteiger partial charge is 0.323 e. The SMILES string of the molecule is CCC(CC)(c1ccc(CC(C)C2(O)CCCCC2)c(C)c1)c1ccc(C(=O)N(C)CC(=O)O)c(C)c1. The molecule has 1 unspecified atom stereocenters. The van der Waals surface area contributed by atoms with E-state index in [2.05, 4.69) is 52.0 Å². The van der Waals surface area contributed by atoms with Crippen molar-refractivity contribution in [2.75, 3.05) is 13.6 Å². The fraction of sp³-hybridized carbons (Fsp3) is 0.562. The summed E-state index contributed by atoms with van der Waals surface area (Å²) in [5, 5.41) is 20.3. The van der Waals surface area contributed by atoms with Crippen LogP contribution in [0.25, 0.3) is 0 Å². The van der Waals surface area contributed by atoms with E-state index in [9.17, 15) is 14.7 Å². The summed E-state index contributed by atoms with van der Waals surface area (Å²) < 4.78 is 0. The van der Waals surface area contributed by atoms with Gasteiger partial charge in [0.1, 0.15) is 6.54 Å². The molecule has 5 heteroatoms. The van der Waals surface area contributed by atoms with Gasteiger partial charge in [-0.25, -0.2) is 0 Å². The summed E-state index contributed by atoms with van der Waals surface area (Å²) in [4.78, 5) is 25.1. The van der Waals surface area contributed by atoms with Gasteiger partial charge in [0, 0.05) is 18.0 Å². The van der Waals surface area contributed by atoms with E-state index in [1.807, 2.05) is 19.1 Å². The highest BCUT2D eigenvalue weighted by Gasteiger charge is 2.36. The van der Waals surface area contributed by atoms with E-state index in [-0.39, 0.29) is 23.8 Å². The van der Waals surface area contributed by atoms with Crippen molar-refractivity contribution in [3.8, 4) is 0 Å². The maximum absolute atomic E-state index is 12.8. The number of hydrogen-bond acceptors (Lipinski definition) is 3. The molecule has 37 heavy (non-hydrogen) atoms. The fourth-order valence-electron chi connectivity index (χ4n) is 6.31. The van der Waals surface area contributed by atoms with Crippen molar-refractivity contribution in [2.24, 2.45) is 5.92 Å². The van der Waals surface area contributed by atoms with Crippen LogP contribution in [0.1, 0.15) is 104 Å². The molecule has 0 radical (unpaired) electrons. The van der Waals surface area contributed by atoms with Gasteiger partial charge in [-0.05, 0) is 85.8 Å². The standard InChI is InChI=1S/C32H45NO4/c1-7-31(8-2,27-14-15-28(23(4)19-27)30(36)33(6)21-29(34)35)26-13-12-25(22(3)18-26)20-24(5)32(37)16-10-9-11-17-32/h12-15,18-19,24,37H,7-11,16-17,20-21H2,1-6H3,(H,34,35). The second kappa shape index (κ2) is 11.8. The van der Waals surface area contributed by atoms with Gasteiger partial charge >= 0.3 is 5.97 Å². The van der Waals surface area contributed by atoms with Crippen LogP contribution in [0.2, 0.25) is 0 Å². The van der Waals surface area contributed by atoms with Gasteiger partial charge in [-0.1, -0.05) is 70.4 Å². The third-order valence-corrected chi connectivity index (χ3v) is 8.99. The molecule has 5 nitrogen and oxygen atoms in total. The topological polar surface area (TPSA) is 77.8 Å².